The molecule has 1 aromatic heterocycles. The van der Waals surface area contributed by atoms with Crippen molar-refractivity contribution in [1.29, 1.82) is 0 Å². The van der Waals surface area contributed by atoms with Crippen molar-refractivity contribution < 1.29 is 9.47 Å². The zero-order chi connectivity index (χ0) is 14.0. The van der Waals surface area contributed by atoms with E-state index in [1.807, 2.05) is 20.8 Å². The maximum atomic E-state index is 6.06. The molecule has 0 saturated carbocycles. The molecule has 0 aromatic carbocycles. The molecule has 19 heavy (non-hydrogen) atoms. The minimum absolute atomic E-state index is 0.0226. The predicted octanol–water partition coefficient (Wildman–Crippen LogP) is 1.83. The van der Waals surface area contributed by atoms with Crippen molar-refractivity contribution in [3.05, 3.63) is 6.33 Å². The third-order valence-corrected chi connectivity index (χ3v) is 3.49. The summed E-state index contributed by atoms with van der Waals surface area (Å²) in [4.78, 5) is 8.27. The summed E-state index contributed by atoms with van der Waals surface area (Å²) in [5.74, 6) is 1.02. The lowest BCUT2D eigenvalue weighted by Gasteiger charge is -2.30. The Bertz CT molecular complexity index is 452. The van der Waals surface area contributed by atoms with Gasteiger partial charge in [-0.1, -0.05) is 0 Å². The fraction of sp³-hybridized carbons (Fsp3) is 0.692. The van der Waals surface area contributed by atoms with Crippen molar-refractivity contribution in [2.45, 2.75) is 51.9 Å². The van der Waals surface area contributed by atoms with Crippen LogP contribution in [0.25, 0.3) is 0 Å². The van der Waals surface area contributed by atoms with Crippen LogP contribution >= 0.6 is 0 Å². The SMILES string of the molecule is CC(C)Oc1ncnc(NC2(C)CCOC2C)c1N. The van der Waals surface area contributed by atoms with E-state index >= 15 is 0 Å². The van der Waals surface area contributed by atoms with Crippen LogP contribution in [0.4, 0.5) is 11.5 Å². The second-order valence-electron chi connectivity index (χ2n) is 5.41. The van der Waals surface area contributed by atoms with Crippen LogP contribution < -0.4 is 15.8 Å². The molecular weight excluding hydrogens is 244 g/mol. The highest BCUT2D eigenvalue weighted by Crippen LogP contribution is 2.33. The molecule has 0 spiro atoms. The smallest absolute Gasteiger partial charge is 0.242 e. The van der Waals surface area contributed by atoms with Gasteiger partial charge in [0.1, 0.15) is 12.0 Å². The normalized spacial score (nSPS) is 26.7. The Morgan fingerprint density at radius 1 is 1.53 bits per heavy atom. The standard InChI is InChI=1S/C13H22N4O2/c1-8(2)19-12-10(14)11(15-7-16-12)17-13(4)5-6-18-9(13)3/h7-9H,5-6,14H2,1-4H3,(H,15,16,17). The topological polar surface area (TPSA) is 82.3 Å². The van der Waals surface area contributed by atoms with E-state index in [0.717, 1.165) is 13.0 Å². The summed E-state index contributed by atoms with van der Waals surface area (Å²) >= 11 is 0. The Morgan fingerprint density at radius 2 is 2.26 bits per heavy atom. The van der Waals surface area contributed by atoms with Crippen molar-refractivity contribution in [2.75, 3.05) is 17.7 Å². The third-order valence-electron chi connectivity index (χ3n) is 3.49. The van der Waals surface area contributed by atoms with E-state index in [9.17, 15) is 0 Å². The number of nitrogens with one attached hydrogen (secondary N) is 1. The van der Waals surface area contributed by atoms with Crippen LogP contribution in [0.15, 0.2) is 6.33 Å². The van der Waals surface area contributed by atoms with Gasteiger partial charge in [-0.2, -0.15) is 4.98 Å². The summed E-state index contributed by atoms with van der Waals surface area (Å²) < 4.78 is 11.2. The summed E-state index contributed by atoms with van der Waals surface area (Å²) in [6.45, 7) is 8.76. The number of rotatable bonds is 4. The molecule has 1 saturated heterocycles. The zero-order valence-electron chi connectivity index (χ0n) is 11.9. The summed E-state index contributed by atoms with van der Waals surface area (Å²) in [5, 5.41) is 3.37. The van der Waals surface area contributed by atoms with Gasteiger partial charge in [0.05, 0.1) is 17.7 Å². The van der Waals surface area contributed by atoms with Crippen molar-refractivity contribution in [3.8, 4) is 5.88 Å². The predicted molar refractivity (Wildman–Crippen MR) is 74.3 cm³/mol. The van der Waals surface area contributed by atoms with Crippen molar-refractivity contribution in [2.24, 2.45) is 0 Å². The Labute approximate surface area is 113 Å². The van der Waals surface area contributed by atoms with Crippen molar-refractivity contribution in [3.63, 3.8) is 0 Å². The maximum absolute atomic E-state index is 6.06. The Kier molecular flexibility index (Phi) is 3.80. The quantitative estimate of drug-likeness (QED) is 0.865. The molecule has 6 nitrogen and oxygen atoms in total. The Balaban J connectivity index is 2.21. The highest BCUT2D eigenvalue weighted by molar-refractivity contribution is 5.67. The monoisotopic (exact) mass is 266 g/mol. The molecule has 0 radical (unpaired) electrons. The first kappa shape index (κ1) is 13.9. The first-order valence-electron chi connectivity index (χ1n) is 6.59. The third kappa shape index (κ3) is 2.89. The average Bonchev–Trinajstić information content (AvgIpc) is 2.64. The second-order valence-corrected chi connectivity index (χ2v) is 5.41. The second kappa shape index (κ2) is 5.21. The van der Waals surface area contributed by atoms with Crippen LogP contribution in [-0.4, -0.2) is 34.3 Å². The molecule has 1 fully saturated rings. The van der Waals surface area contributed by atoms with Gasteiger partial charge in [0.2, 0.25) is 5.88 Å². The molecule has 3 N–H and O–H groups in total. The molecule has 0 aliphatic carbocycles. The van der Waals surface area contributed by atoms with E-state index in [-0.39, 0.29) is 17.7 Å². The number of anilines is 2. The van der Waals surface area contributed by atoms with Gasteiger partial charge < -0.3 is 20.5 Å². The molecule has 2 unspecified atom stereocenters. The lowest BCUT2D eigenvalue weighted by molar-refractivity contribution is 0.105. The fourth-order valence-electron chi connectivity index (χ4n) is 2.07. The molecule has 1 aliphatic heterocycles. The average molecular weight is 266 g/mol. The minimum atomic E-state index is -0.169. The lowest BCUT2D eigenvalue weighted by Crippen LogP contribution is -2.41. The number of nitrogens with zero attached hydrogens (tertiary/aromatic N) is 2. The van der Waals surface area contributed by atoms with Gasteiger partial charge in [-0.25, -0.2) is 4.98 Å². The van der Waals surface area contributed by atoms with Gasteiger partial charge in [0.25, 0.3) is 0 Å². The number of nitrogen functional groups attached to an aromatic ring is 1. The molecule has 0 amide bonds. The number of aromatic nitrogens is 2. The summed E-state index contributed by atoms with van der Waals surface area (Å²) in [6.07, 6.45) is 2.50. The van der Waals surface area contributed by atoms with Gasteiger partial charge in [0.15, 0.2) is 5.82 Å². The summed E-state index contributed by atoms with van der Waals surface area (Å²) in [5.41, 5.74) is 6.33. The zero-order valence-corrected chi connectivity index (χ0v) is 11.9. The van der Waals surface area contributed by atoms with Gasteiger partial charge in [-0.15, -0.1) is 0 Å². The van der Waals surface area contributed by atoms with Crippen molar-refractivity contribution >= 4 is 11.5 Å². The Hall–Kier alpha value is -1.56. The first-order chi connectivity index (χ1) is 8.92. The molecule has 2 atom stereocenters. The highest BCUT2D eigenvalue weighted by Gasteiger charge is 2.37. The van der Waals surface area contributed by atoms with Crippen LogP contribution in [0.2, 0.25) is 0 Å². The van der Waals surface area contributed by atoms with E-state index in [2.05, 4.69) is 22.2 Å². The number of hydrogen-bond donors (Lipinski definition) is 2. The van der Waals surface area contributed by atoms with Gasteiger partial charge >= 0.3 is 0 Å². The molecule has 106 valence electrons. The molecule has 1 aromatic rings. The van der Waals surface area contributed by atoms with E-state index in [1.165, 1.54) is 6.33 Å². The minimum Gasteiger partial charge on any atom is -0.473 e. The highest BCUT2D eigenvalue weighted by atomic mass is 16.5. The molecule has 2 heterocycles. The summed E-state index contributed by atoms with van der Waals surface area (Å²) in [7, 11) is 0. The van der Waals surface area contributed by atoms with Crippen LogP contribution in [0, 0.1) is 0 Å². The van der Waals surface area contributed by atoms with E-state index in [0.29, 0.717) is 17.4 Å². The first-order valence-corrected chi connectivity index (χ1v) is 6.59. The summed E-state index contributed by atoms with van der Waals surface area (Å²) in [6, 6.07) is 0. The number of ether oxygens (including phenoxy) is 2. The lowest BCUT2D eigenvalue weighted by atomic mass is 9.95. The molecule has 0 bridgehead atoms. The number of hydrogen-bond acceptors (Lipinski definition) is 6. The fourth-order valence-corrected chi connectivity index (χ4v) is 2.07. The van der Waals surface area contributed by atoms with Gasteiger partial charge in [-0.05, 0) is 34.1 Å². The van der Waals surface area contributed by atoms with E-state index in [1.54, 1.807) is 0 Å². The Morgan fingerprint density at radius 3 is 2.84 bits per heavy atom. The van der Waals surface area contributed by atoms with Crippen LogP contribution in [0.5, 0.6) is 5.88 Å². The maximum Gasteiger partial charge on any atom is 0.242 e. The van der Waals surface area contributed by atoms with Gasteiger partial charge in [0, 0.05) is 6.61 Å². The number of nitrogens with two attached hydrogens (primary N) is 1. The van der Waals surface area contributed by atoms with Crippen molar-refractivity contribution in [1.82, 2.24) is 9.97 Å². The van der Waals surface area contributed by atoms with Crippen LogP contribution in [0.3, 0.4) is 0 Å². The van der Waals surface area contributed by atoms with Crippen LogP contribution in [-0.2, 0) is 4.74 Å². The molecule has 2 rings (SSSR count). The van der Waals surface area contributed by atoms with E-state index in [4.69, 9.17) is 15.2 Å². The van der Waals surface area contributed by atoms with Gasteiger partial charge in [-0.3, -0.25) is 0 Å². The molecule has 1 aliphatic rings. The largest absolute Gasteiger partial charge is 0.473 e. The van der Waals surface area contributed by atoms with Crippen LogP contribution in [0.1, 0.15) is 34.1 Å². The molecule has 6 heteroatoms. The molecular formula is C13H22N4O2. The van der Waals surface area contributed by atoms with E-state index < -0.39 is 0 Å².